The van der Waals surface area contributed by atoms with E-state index in [2.05, 4.69) is 15.2 Å². The number of nitrogens with one attached hydrogen (secondary N) is 2. The monoisotopic (exact) mass is 385 g/mol. The molecule has 8 nitrogen and oxygen atoms in total. The highest BCUT2D eigenvalue weighted by atomic mass is 16.5. The molecule has 2 aliphatic rings. The van der Waals surface area contributed by atoms with Gasteiger partial charge in [0.05, 0.1) is 23.7 Å². The Hall–Kier alpha value is -2.45. The first kappa shape index (κ1) is 18.9. The van der Waals surface area contributed by atoms with Crippen LogP contribution in [0.3, 0.4) is 0 Å². The molecule has 8 heteroatoms. The van der Waals surface area contributed by atoms with Gasteiger partial charge in [0.15, 0.2) is 0 Å². The van der Waals surface area contributed by atoms with E-state index in [1.165, 1.54) is 6.92 Å². The summed E-state index contributed by atoms with van der Waals surface area (Å²) in [6.45, 7) is 6.72. The smallest absolute Gasteiger partial charge is 0.221 e. The van der Waals surface area contributed by atoms with Crippen molar-refractivity contribution in [1.29, 1.82) is 0 Å². The maximum Gasteiger partial charge on any atom is 0.221 e. The lowest BCUT2D eigenvalue weighted by Crippen LogP contribution is -2.46. The number of benzene rings is 1. The van der Waals surface area contributed by atoms with Crippen LogP contribution in [0.1, 0.15) is 38.6 Å². The van der Waals surface area contributed by atoms with Gasteiger partial charge in [-0.1, -0.05) is 0 Å². The number of fused-ring (bicyclic) bond motifs is 3. The first-order valence-electron chi connectivity index (χ1n) is 9.86. The minimum absolute atomic E-state index is 0.0930. The van der Waals surface area contributed by atoms with E-state index in [0.29, 0.717) is 19.3 Å². The van der Waals surface area contributed by atoms with Gasteiger partial charge in [-0.15, -0.1) is 0 Å². The maximum absolute atomic E-state index is 11.5. The number of amides is 2. The Morgan fingerprint density at radius 2 is 2.04 bits per heavy atom. The van der Waals surface area contributed by atoms with Crippen LogP contribution < -0.4 is 10.6 Å². The molecule has 2 aliphatic heterocycles. The fourth-order valence-corrected chi connectivity index (χ4v) is 4.15. The standard InChI is InChI=1S/C20H27N5O3/c1-13(26)22-16-3-4-19-18(9-16)23-20-12-28-11-17(25(19)20)10-21-15-5-7-24(8-6-15)14(2)27/h3-4,9,15,17,21H,5-8,10-12H2,1-2H3,(H,22,26)/t17-/m0/s1. The zero-order valence-corrected chi connectivity index (χ0v) is 16.4. The number of nitrogens with zero attached hydrogens (tertiary/aromatic N) is 3. The number of carbonyl (C=O) groups excluding carboxylic acids is 2. The van der Waals surface area contributed by atoms with Crippen molar-refractivity contribution in [3.05, 3.63) is 24.0 Å². The van der Waals surface area contributed by atoms with Crippen LogP contribution in [0, 0.1) is 0 Å². The molecule has 1 atom stereocenters. The Morgan fingerprint density at radius 3 is 2.75 bits per heavy atom. The number of imidazole rings is 1. The minimum Gasteiger partial charge on any atom is -0.371 e. The number of carbonyl (C=O) groups is 2. The van der Waals surface area contributed by atoms with E-state index < -0.39 is 0 Å². The summed E-state index contributed by atoms with van der Waals surface area (Å²) in [7, 11) is 0. The van der Waals surface area contributed by atoms with Crippen LogP contribution in [0.25, 0.3) is 11.0 Å². The van der Waals surface area contributed by atoms with E-state index in [-0.39, 0.29) is 17.9 Å². The number of aromatic nitrogens is 2. The van der Waals surface area contributed by atoms with Crippen LogP contribution in [0.5, 0.6) is 0 Å². The second-order valence-corrected chi connectivity index (χ2v) is 7.64. The van der Waals surface area contributed by atoms with E-state index in [1.807, 2.05) is 23.1 Å². The van der Waals surface area contributed by atoms with E-state index in [9.17, 15) is 9.59 Å². The molecule has 1 fully saturated rings. The molecule has 0 radical (unpaired) electrons. The predicted octanol–water partition coefficient (Wildman–Crippen LogP) is 1.67. The molecule has 4 rings (SSSR count). The van der Waals surface area contributed by atoms with Gasteiger partial charge in [-0.3, -0.25) is 9.59 Å². The molecule has 0 unspecified atom stereocenters. The van der Waals surface area contributed by atoms with Crippen LogP contribution in [-0.4, -0.2) is 58.5 Å². The van der Waals surface area contributed by atoms with Gasteiger partial charge in [-0.25, -0.2) is 4.98 Å². The quantitative estimate of drug-likeness (QED) is 0.836. The molecule has 0 saturated carbocycles. The number of hydrogen-bond donors (Lipinski definition) is 2. The van der Waals surface area contributed by atoms with Gasteiger partial charge >= 0.3 is 0 Å². The highest BCUT2D eigenvalue weighted by Gasteiger charge is 2.26. The van der Waals surface area contributed by atoms with E-state index >= 15 is 0 Å². The van der Waals surface area contributed by atoms with E-state index in [1.54, 1.807) is 6.92 Å². The van der Waals surface area contributed by atoms with Gasteiger partial charge in [-0.2, -0.15) is 0 Å². The van der Waals surface area contributed by atoms with Crippen LogP contribution in [0.2, 0.25) is 0 Å². The van der Waals surface area contributed by atoms with Crippen molar-refractivity contribution in [2.24, 2.45) is 0 Å². The summed E-state index contributed by atoms with van der Waals surface area (Å²) in [6.07, 6.45) is 1.95. The molecule has 1 aromatic heterocycles. The molecule has 28 heavy (non-hydrogen) atoms. The van der Waals surface area contributed by atoms with Gasteiger partial charge in [0.1, 0.15) is 12.4 Å². The minimum atomic E-state index is -0.0930. The summed E-state index contributed by atoms with van der Waals surface area (Å²) < 4.78 is 8.03. The summed E-state index contributed by atoms with van der Waals surface area (Å²) >= 11 is 0. The molecule has 3 heterocycles. The van der Waals surface area contributed by atoms with Crippen LogP contribution in [0.4, 0.5) is 5.69 Å². The Morgan fingerprint density at radius 1 is 1.25 bits per heavy atom. The molecular formula is C20H27N5O3. The largest absolute Gasteiger partial charge is 0.371 e. The lowest BCUT2D eigenvalue weighted by Gasteiger charge is -2.33. The van der Waals surface area contributed by atoms with Gasteiger partial charge in [0.2, 0.25) is 11.8 Å². The predicted molar refractivity (Wildman–Crippen MR) is 106 cm³/mol. The van der Waals surface area contributed by atoms with Crippen LogP contribution >= 0.6 is 0 Å². The molecule has 1 aromatic carbocycles. The zero-order chi connectivity index (χ0) is 19.7. The molecular weight excluding hydrogens is 358 g/mol. The normalized spacial score (nSPS) is 20.2. The summed E-state index contributed by atoms with van der Waals surface area (Å²) in [4.78, 5) is 29.4. The number of hydrogen-bond acceptors (Lipinski definition) is 5. The van der Waals surface area contributed by atoms with Crippen molar-refractivity contribution in [1.82, 2.24) is 19.8 Å². The van der Waals surface area contributed by atoms with Crippen molar-refractivity contribution in [3.8, 4) is 0 Å². The third-order valence-corrected chi connectivity index (χ3v) is 5.57. The first-order valence-corrected chi connectivity index (χ1v) is 9.86. The Kier molecular flexibility index (Phi) is 5.32. The molecule has 1 saturated heterocycles. The van der Waals surface area contributed by atoms with E-state index in [0.717, 1.165) is 55.0 Å². The van der Waals surface area contributed by atoms with Gasteiger partial charge < -0.3 is 24.8 Å². The topological polar surface area (TPSA) is 88.5 Å². The van der Waals surface area contributed by atoms with Crippen molar-refractivity contribution < 1.29 is 14.3 Å². The van der Waals surface area contributed by atoms with Crippen molar-refractivity contribution in [2.45, 2.75) is 45.4 Å². The third kappa shape index (κ3) is 3.88. The second-order valence-electron chi connectivity index (χ2n) is 7.64. The van der Waals surface area contributed by atoms with Crippen molar-refractivity contribution in [3.63, 3.8) is 0 Å². The lowest BCUT2D eigenvalue weighted by molar-refractivity contribution is -0.129. The van der Waals surface area contributed by atoms with Gasteiger partial charge in [0, 0.05) is 45.2 Å². The van der Waals surface area contributed by atoms with Crippen LogP contribution in [0.15, 0.2) is 18.2 Å². The van der Waals surface area contributed by atoms with E-state index in [4.69, 9.17) is 9.72 Å². The van der Waals surface area contributed by atoms with Gasteiger partial charge in [0.25, 0.3) is 0 Å². The Labute approximate surface area is 164 Å². The molecule has 2 aromatic rings. The number of piperidine rings is 1. The summed E-state index contributed by atoms with van der Waals surface area (Å²) in [5.41, 5.74) is 2.68. The van der Waals surface area contributed by atoms with Crippen molar-refractivity contribution >= 4 is 28.5 Å². The zero-order valence-electron chi connectivity index (χ0n) is 16.4. The molecule has 0 bridgehead atoms. The molecule has 2 N–H and O–H groups in total. The summed E-state index contributed by atoms with van der Waals surface area (Å²) in [5, 5.41) is 6.47. The first-order chi connectivity index (χ1) is 13.5. The number of rotatable bonds is 4. The fraction of sp³-hybridized carbons (Fsp3) is 0.550. The number of anilines is 1. The lowest BCUT2D eigenvalue weighted by atomic mass is 10.0. The average molecular weight is 385 g/mol. The summed E-state index contributed by atoms with van der Waals surface area (Å²) in [6, 6.07) is 6.43. The SMILES string of the molecule is CC(=O)Nc1ccc2c(c1)nc1n2[C@@H](CNC2CCN(C(C)=O)CC2)COC1. The Bertz CT molecular complexity index is 885. The average Bonchev–Trinajstić information content (AvgIpc) is 3.04. The molecule has 150 valence electrons. The fourth-order valence-electron chi connectivity index (χ4n) is 4.15. The number of ether oxygens (including phenoxy) is 1. The highest BCUT2D eigenvalue weighted by Crippen LogP contribution is 2.28. The third-order valence-electron chi connectivity index (χ3n) is 5.57. The highest BCUT2D eigenvalue weighted by molar-refractivity contribution is 5.91. The molecule has 2 amide bonds. The van der Waals surface area contributed by atoms with Crippen molar-refractivity contribution in [2.75, 3.05) is 31.6 Å². The summed E-state index contributed by atoms with van der Waals surface area (Å²) in [5.74, 6) is 0.983. The molecule has 0 spiro atoms. The number of likely N-dealkylation sites (tertiary alicyclic amines) is 1. The van der Waals surface area contributed by atoms with Gasteiger partial charge in [-0.05, 0) is 31.0 Å². The molecule has 0 aliphatic carbocycles. The maximum atomic E-state index is 11.5. The second kappa shape index (κ2) is 7.89. The Balaban J connectivity index is 1.46. The van der Waals surface area contributed by atoms with Crippen LogP contribution in [-0.2, 0) is 20.9 Å².